The summed E-state index contributed by atoms with van der Waals surface area (Å²) in [6.07, 6.45) is 3.59. The molecule has 19 heavy (non-hydrogen) atoms. The highest BCUT2D eigenvalue weighted by Gasteiger charge is 2.02. The van der Waals surface area contributed by atoms with Crippen LogP contribution in [-0.4, -0.2) is 18.1 Å². The normalized spacial score (nSPS) is 10.4. The minimum atomic E-state index is 0.528. The van der Waals surface area contributed by atoms with E-state index in [1.54, 1.807) is 24.4 Å². The SMILES string of the molecule is Clc1ccc(Cl)c(OCCNCc2cccnc2)c1. The number of hydrogen-bond acceptors (Lipinski definition) is 3. The summed E-state index contributed by atoms with van der Waals surface area (Å²) in [7, 11) is 0. The molecule has 100 valence electrons. The summed E-state index contributed by atoms with van der Waals surface area (Å²) in [4.78, 5) is 4.05. The van der Waals surface area contributed by atoms with E-state index in [1.165, 1.54) is 0 Å². The van der Waals surface area contributed by atoms with E-state index in [0.29, 0.717) is 22.4 Å². The highest BCUT2D eigenvalue weighted by atomic mass is 35.5. The van der Waals surface area contributed by atoms with Crippen molar-refractivity contribution in [1.29, 1.82) is 0 Å². The third kappa shape index (κ3) is 4.71. The maximum Gasteiger partial charge on any atom is 0.139 e. The monoisotopic (exact) mass is 296 g/mol. The van der Waals surface area contributed by atoms with Crippen molar-refractivity contribution in [3.8, 4) is 5.75 Å². The van der Waals surface area contributed by atoms with Gasteiger partial charge in [0, 0.05) is 36.6 Å². The summed E-state index contributed by atoms with van der Waals surface area (Å²) in [5.74, 6) is 0.609. The second-order valence-corrected chi connectivity index (χ2v) is 4.80. The molecule has 2 aromatic rings. The summed E-state index contributed by atoms with van der Waals surface area (Å²) in [5, 5.41) is 4.44. The highest BCUT2D eigenvalue weighted by molar-refractivity contribution is 6.34. The Morgan fingerprint density at radius 3 is 2.89 bits per heavy atom. The van der Waals surface area contributed by atoms with Gasteiger partial charge in [-0.05, 0) is 23.8 Å². The van der Waals surface area contributed by atoms with Crippen LogP contribution in [0, 0.1) is 0 Å². The van der Waals surface area contributed by atoms with Crippen LogP contribution >= 0.6 is 23.2 Å². The second-order valence-electron chi connectivity index (χ2n) is 3.96. The number of pyridine rings is 1. The number of nitrogens with zero attached hydrogens (tertiary/aromatic N) is 1. The van der Waals surface area contributed by atoms with Gasteiger partial charge in [-0.15, -0.1) is 0 Å². The zero-order valence-corrected chi connectivity index (χ0v) is 11.8. The molecule has 3 nitrogen and oxygen atoms in total. The number of rotatable bonds is 6. The van der Waals surface area contributed by atoms with Gasteiger partial charge in [0.25, 0.3) is 0 Å². The van der Waals surface area contributed by atoms with E-state index in [1.807, 2.05) is 18.3 Å². The molecule has 0 aliphatic heterocycles. The lowest BCUT2D eigenvalue weighted by molar-refractivity contribution is 0.314. The first-order valence-electron chi connectivity index (χ1n) is 5.93. The molecule has 1 aromatic heterocycles. The number of nitrogens with one attached hydrogen (secondary N) is 1. The van der Waals surface area contributed by atoms with Crippen molar-refractivity contribution in [3.05, 3.63) is 58.3 Å². The summed E-state index contributed by atoms with van der Waals surface area (Å²) >= 11 is 11.9. The molecule has 0 atom stereocenters. The van der Waals surface area contributed by atoms with Crippen molar-refractivity contribution in [2.75, 3.05) is 13.2 Å². The minimum absolute atomic E-state index is 0.528. The molecule has 0 aliphatic carbocycles. The molecule has 1 heterocycles. The van der Waals surface area contributed by atoms with E-state index in [4.69, 9.17) is 27.9 Å². The Morgan fingerprint density at radius 2 is 2.11 bits per heavy atom. The molecular weight excluding hydrogens is 283 g/mol. The molecule has 0 spiro atoms. The van der Waals surface area contributed by atoms with E-state index in [9.17, 15) is 0 Å². The lowest BCUT2D eigenvalue weighted by Crippen LogP contribution is -2.20. The smallest absolute Gasteiger partial charge is 0.139 e. The molecule has 0 aliphatic rings. The molecule has 0 fully saturated rings. The zero-order chi connectivity index (χ0) is 13.5. The predicted molar refractivity (Wildman–Crippen MR) is 77.9 cm³/mol. The lowest BCUT2D eigenvalue weighted by Gasteiger charge is -2.09. The minimum Gasteiger partial charge on any atom is -0.491 e. The molecule has 2 rings (SSSR count). The van der Waals surface area contributed by atoms with Gasteiger partial charge in [0.15, 0.2) is 0 Å². The summed E-state index contributed by atoms with van der Waals surface area (Å²) in [6.45, 7) is 2.01. The second kappa shape index (κ2) is 7.34. The molecule has 0 bridgehead atoms. The van der Waals surface area contributed by atoms with Crippen LogP contribution in [0.1, 0.15) is 5.56 Å². The van der Waals surface area contributed by atoms with Crippen molar-refractivity contribution < 1.29 is 4.74 Å². The molecule has 0 saturated heterocycles. The maximum atomic E-state index is 5.99. The number of ether oxygens (including phenoxy) is 1. The molecule has 1 N–H and O–H groups in total. The first-order valence-corrected chi connectivity index (χ1v) is 6.69. The first-order chi connectivity index (χ1) is 9.25. The van der Waals surface area contributed by atoms with Gasteiger partial charge in [-0.2, -0.15) is 0 Å². The van der Waals surface area contributed by atoms with Gasteiger partial charge in [-0.25, -0.2) is 0 Å². The number of benzene rings is 1. The van der Waals surface area contributed by atoms with Crippen LogP contribution in [0.5, 0.6) is 5.75 Å². The van der Waals surface area contributed by atoms with Crippen LogP contribution in [0.25, 0.3) is 0 Å². The topological polar surface area (TPSA) is 34.1 Å². The number of aromatic nitrogens is 1. The molecule has 0 saturated carbocycles. The van der Waals surface area contributed by atoms with Gasteiger partial charge >= 0.3 is 0 Å². The van der Waals surface area contributed by atoms with Crippen LogP contribution in [0.4, 0.5) is 0 Å². The van der Waals surface area contributed by atoms with E-state index in [0.717, 1.165) is 18.7 Å². The molecule has 0 unspecified atom stereocenters. The molecule has 1 aromatic carbocycles. The Labute approximate surface area is 122 Å². The van der Waals surface area contributed by atoms with Crippen LogP contribution in [0.3, 0.4) is 0 Å². The quantitative estimate of drug-likeness (QED) is 0.828. The summed E-state index contributed by atoms with van der Waals surface area (Å²) in [5.41, 5.74) is 1.14. The average molecular weight is 297 g/mol. The van der Waals surface area contributed by atoms with Crippen LogP contribution in [-0.2, 0) is 6.54 Å². The molecule has 0 amide bonds. The highest BCUT2D eigenvalue weighted by Crippen LogP contribution is 2.27. The van der Waals surface area contributed by atoms with Crippen LogP contribution in [0.15, 0.2) is 42.7 Å². The van der Waals surface area contributed by atoms with Gasteiger partial charge < -0.3 is 10.1 Å². The van der Waals surface area contributed by atoms with E-state index in [-0.39, 0.29) is 0 Å². The van der Waals surface area contributed by atoms with Crippen molar-refractivity contribution in [1.82, 2.24) is 10.3 Å². The van der Waals surface area contributed by atoms with Gasteiger partial charge in [-0.3, -0.25) is 4.98 Å². The molecule has 5 heteroatoms. The Bertz CT molecular complexity index is 520. The fourth-order valence-electron chi connectivity index (χ4n) is 1.56. The van der Waals surface area contributed by atoms with Crippen molar-refractivity contribution >= 4 is 23.2 Å². The first kappa shape index (κ1) is 14.1. The predicted octanol–water partition coefficient (Wildman–Crippen LogP) is 3.56. The van der Waals surface area contributed by atoms with Gasteiger partial charge in [0.2, 0.25) is 0 Å². The van der Waals surface area contributed by atoms with Gasteiger partial charge in [0.05, 0.1) is 5.02 Å². The largest absolute Gasteiger partial charge is 0.491 e. The van der Waals surface area contributed by atoms with Crippen LogP contribution < -0.4 is 10.1 Å². The Hall–Kier alpha value is -1.29. The Balaban J connectivity index is 1.71. The van der Waals surface area contributed by atoms with Gasteiger partial charge in [-0.1, -0.05) is 29.3 Å². The lowest BCUT2D eigenvalue weighted by atomic mass is 10.3. The van der Waals surface area contributed by atoms with Crippen molar-refractivity contribution in [2.45, 2.75) is 6.54 Å². The van der Waals surface area contributed by atoms with Crippen molar-refractivity contribution in [3.63, 3.8) is 0 Å². The standard InChI is InChI=1S/C14H14Cl2N2O/c15-12-3-4-13(16)14(8-12)19-7-6-18-10-11-2-1-5-17-9-11/h1-5,8-9,18H,6-7,10H2. The van der Waals surface area contributed by atoms with Gasteiger partial charge in [0.1, 0.15) is 12.4 Å². The summed E-state index contributed by atoms with van der Waals surface area (Å²) < 4.78 is 5.56. The van der Waals surface area contributed by atoms with Crippen LogP contribution in [0.2, 0.25) is 10.0 Å². The Morgan fingerprint density at radius 1 is 1.21 bits per heavy atom. The average Bonchev–Trinajstić information content (AvgIpc) is 2.43. The Kier molecular flexibility index (Phi) is 5.45. The van der Waals surface area contributed by atoms with E-state index in [2.05, 4.69) is 10.3 Å². The fraction of sp³-hybridized carbons (Fsp3) is 0.214. The van der Waals surface area contributed by atoms with E-state index < -0.39 is 0 Å². The third-order valence-corrected chi connectivity index (χ3v) is 3.03. The zero-order valence-electron chi connectivity index (χ0n) is 10.3. The molecule has 0 radical (unpaired) electrons. The summed E-state index contributed by atoms with van der Waals surface area (Å²) in [6, 6.07) is 9.11. The van der Waals surface area contributed by atoms with E-state index >= 15 is 0 Å². The maximum absolute atomic E-state index is 5.99. The third-order valence-electron chi connectivity index (χ3n) is 2.48. The number of hydrogen-bond donors (Lipinski definition) is 1. The molecular formula is C14H14Cl2N2O. The fourth-order valence-corrected chi connectivity index (χ4v) is 1.89. The number of halogens is 2. The van der Waals surface area contributed by atoms with Crippen molar-refractivity contribution in [2.24, 2.45) is 0 Å².